The van der Waals surface area contributed by atoms with E-state index < -0.39 is 0 Å². The zero-order valence-corrected chi connectivity index (χ0v) is 16.7. The molecule has 0 unspecified atom stereocenters. The van der Waals surface area contributed by atoms with Gasteiger partial charge < -0.3 is 16.0 Å². The monoisotopic (exact) mass is 451 g/mol. The topological polar surface area (TPSA) is 70.2 Å². The van der Waals surface area contributed by atoms with Gasteiger partial charge in [-0.25, -0.2) is 0 Å². The van der Waals surface area contributed by atoms with Crippen LogP contribution in [0.2, 0.25) is 0 Å². The Morgan fingerprint density at radius 2 is 1.68 bits per heavy atom. The number of amides is 2. The SMILES string of the molecule is CC(C)(C)NC(=O)c1cccc(NCC(=O)Nc2ccc(I)cc2)c1. The molecule has 0 radical (unpaired) electrons. The van der Waals surface area contributed by atoms with Crippen LogP contribution in [-0.2, 0) is 4.79 Å². The molecule has 2 aromatic rings. The predicted molar refractivity (Wildman–Crippen MR) is 110 cm³/mol. The van der Waals surface area contributed by atoms with Crippen LogP contribution in [0.1, 0.15) is 31.1 Å². The van der Waals surface area contributed by atoms with Crippen molar-refractivity contribution in [2.45, 2.75) is 26.3 Å². The Hall–Kier alpha value is -2.09. The van der Waals surface area contributed by atoms with E-state index in [4.69, 9.17) is 0 Å². The quantitative estimate of drug-likeness (QED) is 0.605. The third kappa shape index (κ3) is 6.74. The highest BCUT2D eigenvalue weighted by molar-refractivity contribution is 14.1. The van der Waals surface area contributed by atoms with Gasteiger partial charge in [-0.05, 0) is 85.8 Å². The summed E-state index contributed by atoms with van der Waals surface area (Å²) in [6.07, 6.45) is 0. The van der Waals surface area contributed by atoms with Crippen LogP contribution in [0.15, 0.2) is 48.5 Å². The Kier molecular flexibility index (Phi) is 6.41. The van der Waals surface area contributed by atoms with Gasteiger partial charge in [0.15, 0.2) is 0 Å². The molecule has 2 amide bonds. The predicted octanol–water partition coefficient (Wildman–Crippen LogP) is 3.87. The van der Waals surface area contributed by atoms with Crippen molar-refractivity contribution in [3.05, 3.63) is 57.7 Å². The van der Waals surface area contributed by atoms with E-state index >= 15 is 0 Å². The number of nitrogens with one attached hydrogen (secondary N) is 3. The van der Waals surface area contributed by atoms with E-state index in [9.17, 15) is 9.59 Å². The molecular formula is C19H22IN3O2. The summed E-state index contributed by atoms with van der Waals surface area (Å²) in [7, 11) is 0. The lowest BCUT2D eigenvalue weighted by Gasteiger charge is -2.20. The normalized spacial score (nSPS) is 10.9. The summed E-state index contributed by atoms with van der Waals surface area (Å²) < 4.78 is 1.11. The first-order valence-electron chi connectivity index (χ1n) is 7.95. The smallest absolute Gasteiger partial charge is 0.251 e. The summed E-state index contributed by atoms with van der Waals surface area (Å²) >= 11 is 2.21. The first kappa shape index (κ1) is 19.2. The van der Waals surface area contributed by atoms with Crippen LogP contribution in [0, 0.1) is 3.57 Å². The first-order chi connectivity index (χ1) is 11.7. The van der Waals surface area contributed by atoms with Crippen LogP contribution in [0.3, 0.4) is 0 Å². The summed E-state index contributed by atoms with van der Waals surface area (Å²) in [6, 6.07) is 14.7. The molecule has 0 heterocycles. The molecule has 25 heavy (non-hydrogen) atoms. The highest BCUT2D eigenvalue weighted by atomic mass is 127. The van der Waals surface area contributed by atoms with Gasteiger partial charge in [0, 0.05) is 26.0 Å². The molecule has 0 aliphatic carbocycles. The van der Waals surface area contributed by atoms with Gasteiger partial charge in [-0.2, -0.15) is 0 Å². The molecule has 2 aromatic carbocycles. The van der Waals surface area contributed by atoms with E-state index in [1.807, 2.05) is 51.1 Å². The molecule has 0 saturated carbocycles. The van der Waals surface area contributed by atoms with Crippen molar-refractivity contribution in [3.8, 4) is 0 Å². The molecule has 0 spiro atoms. The zero-order chi connectivity index (χ0) is 18.4. The number of rotatable bonds is 5. The Labute approximate surface area is 161 Å². The molecular weight excluding hydrogens is 429 g/mol. The number of benzene rings is 2. The Balaban J connectivity index is 1.92. The second-order valence-electron chi connectivity index (χ2n) is 6.69. The van der Waals surface area contributed by atoms with Crippen LogP contribution >= 0.6 is 22.6 Å². The molecule has 132 valence electrons. The molecule has 3 N–H and O–H groups in total. The molecule has 2 rings (SSSR count). The van der Waals surface area contributed by atoms with E-state index in [0.717, 1.165) is 14.9 Å². The van der Waals surface area contributed by atoms with E-state index in [2.05, 4.69) is 38.5 Å². The average Bonchev–Trinajstić information content (AvgIpc) is 2.54. The van der Waals surface area contributed by atoms with E-state index in [1.54, 1.807) is 18.2 Å². The third-order valence-corrected chi connectivity index (χ3v) is 3.91. The molecule has 6 heteroatoms. The van der Waals surface area contributed by atoms with Crippen molar-refractivity contribution in [1.29, 1.82) is 0 Å². The number of hydrogen-bond donors (Lipinski definition) is 3. The highest BCUT2D eigenvalue weighted by Gasteiger charge is 2.15. The number of carbonyl (C=O) groups is 2. The second kappa shape index (κ2) is 8.33. The fourth-order valence-corrected chi connectivity index (χ4v) is 2.46. The molecule has 5 nitrogen and oxygen atoms in total. The average molecular weight is 451 g/mol. The van der Waals surface area contributed by atoms with Gasteiger partial charge in [0.25, 0.3) is 5.91 Å². The van der Waals surface area contributed by atoms with Crippen molar-refractivity contribution in [2.24, 2.45) is 0 Å². The summed E-state index contributed by atoms with van der Waals surface area (Å²) in [5, 5.41) is 8.78. The van der Waals surface area contributed by atoms with Crippen LogP contribution < -0.4 is 16.0 Å². The largest absolute Gasteiger partial charge is 0.376 e. The van der Waals surface area contributed by atoms with Gasteiger partial charge in [-0.1, -0.05) is 6.07 Å². The van der Waals surface area contributed by atoms with Crippen molar-refractivity contribution >= 4 is 45.8 Å². The first-order valence-corrected chi connectivity index (χ1v) is 9.03. The van der Waals surface area contributed by atoms with Crippen LogP contribution in [0.5, 0.6) is 0 Å². The summed E-state index contributed by atoms with van der Waals surface area (Å²) in [5.41, 5.74) is 1.73. The molecule has 0 aliphatic heterocycles. The van der Waals surface area contributed by atoms with Crippen LogP contribution in [0.4, 0.5) is 11.4 Å². The summed E-state index contributed by atoms with van der Waals surface area (Å²) in [4.78, 5) is 24.2. The van der Waals surface area contributed by atoms with Gasteiger partial charge >= 0.3 is 0 Å². The van der Waals surface area contributed by atoms with Gasteiger partial charge in [-0.3, -0.25) is 9.59 Å². The number of anilines is 2. The third-order valence-electron chi connectivity index (χ3n) is 3.19. The molecule has 0 saturated heterocycles. The van der Waals surface area contributed by atoms with Gasteiger partial charge in [-0.15, -0.1) is 0 Å². The minimum atomic E-state index is -0.298. The Bertz CT molecular complexity index is 752. The second-order valence-corrected chi connectivity index (χ2v) is 7.94. The van der Waals surface area contributed by atoms with Crippen molar-refractivity contribution in [1.82, 2.24) is 5.32 Å². The molecule has 0 aliphatic rings. The van der Waals surface area contributed by atoms with E-state index in [0.29, 0.717) is 5.56 Å². The Morgan fingerprint density at radius 3 is 2.32 bits per heavy atom. The lowest BCUT2D eigenvalue weighted by molar-refractivity contribution is -0.114. The summed E-state index contributed by atoms with van der Waals surface area (Å²) in [5.74, 6) is -0.287. The van der Waals surface area contributed by atoms with E-state index in [-0.39, 0.29) is 23.9 Å². The summed E-state index contributed by atoms with van der Waals surface area (Å²) in [6.45, 7) is 5.92. The minimum Gasteiger partial charge on any atom is -0.376 e. The fraction of sp³-hybridized carbons (Fsp3) is 0.263. The van der Waals surface area contributed by atoms with Gasteiger partial charge in [0.05, 0.1) is 6.54 Å². The highest BCUT2D eigenvalue weighted by Crippen LogP contribution is 2.13. The van der Waals surface area contributed by atoms with Crippen molar-refractivity contribution in [3.63, 3.8) is 0 Å². The lowest BCUT2D eigenvalue weighted by atomic mass is 10.1. The van der Waals surface area contributed by atoms with Crippen molar-refractivity contribution in [2.75, 3.05) is 17.2 Å². The number of halogens is 1. The number of carbonyl (C=O) groups excluding carboxylic acids is 2. The maximum absolute atomic E-state index is 12.2. The maximum atomic E-state index is 12.2. The molecule has 0 atom stereocenters. The number of hydrogen-bond acceptors (Lipinski definition) is 3. The van der Waals surface area contributed by atoms with Gasteiger partial charge in [0.1, 0.15) is 0 Å². The van der Waals surface area contributed by atoms with Crippen LogP contribution in [0.25, 0.3) is 0 Å². The van der Waals surface area contributed by atoms with E-state index in [1.165, 1.54) is 0 Å². The maximum Gasteiger partial charge on any atom is 0.251 e. The standard InChI is InChI=1S/C19H22IN3O2/c1-19(2,3)23-18(25)13-5-4-6-16(11-13)21-12-17(24)22-15-9-7-14(20)8-10-15/h4-11,21H,12H2,1-3H3,(H,22,24)(H,23,25). The minimum absolute atomic E-state index is 0.121. The molecule has 0 aromatic heterocycles. The van der Waals surface area contributed by atoms with Crippen LogP contribution in [-0.4, -0.2) is 23.9 Å². The Morgan fingerprint density at radius 1 is 1.00 bits per heavy atom. The lowest BCUT2D eigenvalue weighted by Crippen LogP contribution is -2.40. The molecule has 0 fully saturated rings. The molecule has 0 bridgehead atoms. The fourth-order valence-electron chi connectivity index (χ4n) is 2.10. The van der Waals surface area contributed by atoms with Gasteiger partial charge in [0.2, 0.25) is 5.91 Å². The van der Waals surface area contributed by atoms with Crippen molar-refractivity contribution < 1.29 is 9.59 Å². The zero-order valence-electron chi connectivity index (χ0n) is 14.5.